The van der Waals surface area contributed by atoms with Crippen LogP contribution in [0.3, 0.4) is 0 Å². The second-order valence-corrected chi connectivity index (χ2v) is 7.11. The Labute approximate surface area is 128 Å². The minimum Gasteiger partial charge on any atom is -0.317 e. The van der Waals surface area contributed by atoms with E-state index in [1.807, 2.05) is 26.0 Å². The number of rotatable bonds is 9. The van der Waals surface area contributed by atoms with Crippen molar-refractivity contribution in [2.75, 3.05) is 31.4 Å². The molecule has 120 valence electrons. The predicted octanol–water partition coefficient (Wildman–Crippen LogP) is 2.28. The molecule has 6 heteroatoms. The van der Waals surface area contributed by atoms with Crippen LogP contribution in [-0.4, -0.2) is 39.4 Å². The van der Waals surface area contributed by atoms with E-state index in [0.29, 0.717) is 12.2 Å². The van der Waals surface area contributed by atoms with Crippen molar-refractivity contribution in [1.82, 2.24) is 9.62 Å². The van der Waals surface area contributed by atoms with E-state index in [1.165, 1.54) is 4.31 Å². The fourth-order valence-corrected chi connectivity index (χ4v) is 2.83. The highest BCUT2D eigenvalue weighted by Gasteiger charge is 2.17. The van der Waals surface area contributed by atoms with Gasteiger partial charge in [0, 0.05) is 13.6 Å². The summed E-state index contributed by atoms with van der Waals surface area (Å²) in [5.41, 5.74) is 2.82. The molecule has 0 aliphatic rings. The maximum atomic E-state index is 12.2. The first kappa shape index (κ1) is 17.9. The molecule has 0 heterocycles. The number of nitrogens with zero attached hydrogens (tertiary/aromatic N) is 1. The van der Waals surface area contributed by atoms with Gasteiger partial charge >= 0.3 is 10.2 Å². The third kappa shape index (κ3) is 6.03. The largest absolute Gasteiger partial charge is 0.317 e. The van der Waals surface area contributed by atoms with Crippen LogP contribution in [-0.2, 0) is 10.2 Å². The van der Waals surface area contributed by atoms with Crippen LogP contribution in [0, 0.1) is 13.8 Å². The molecule has 1 aromatic carbocycles. The Balaban J connectivity index is 2.53. The van der Waals surface area contributed by atoms with Gasteiger partial charge in [-0.1, -0.05) is 13.0 Å². The molecule has 21 heavy (non-hydrogen) atoms. The Bertz CT molecular complexity index is 544. The predicted molar refractivity (Wildman–Crippen MR) is 88.9 cm³/mol. The van der Waals surface area contributed by atoms with Crippen molar-refractivity contribution in [3.8, 4) is 0 Å². The lowest BCUT2D eigenvalue weighted by Gasteiger charge is -2.18. The zero-order valence-corrected chi connectivity index (χ0v) is 14.3. The zero-order chi connectivity index (χ0) is 15.9. The molecule has 0 spiro atoms. The molecule has 0 saturated carbocycles. The summed E-state index contributed by atoms with van der Waals surface area (Å²) < 4.78 is 28.4. The van der Waals surface area contributed by atoms with Crippen LogP contribution >= 0.6 is 0 Å². The summed E-state index contributed by atoms with van der Waals surface area (Å²) in [5.74, 6) is 0. The van der Waals surface area contributed by atoms with E-state index in [0.717, 1.165) is 37.1 Å². The van der Waals surface area contributed by atoms with Gasteiger partial charge in [-0.2, -0.15) is 12.7 Å². The molecule has 0 radical (unpaired) electrons. The third-order valence-electron chi connectivity index (χ3n) is 3.42. The minimum atomic E-state index is -3.48. The molecule has 0 fully saturated rings. The molecule has 2 N–H and O–H groups in total. The van der Waals surface area contributed by atoms with Gasteiger partial charge in [0.05, 0.1) is 5.69 Å². The Hall–Kier alpha value is -1.11. The number of hydrogen-bond acceptors (Lipinski definition) is 3. The number of hydrogen-bond donors (Lipinski definition) is 2. The SMILES string of the molecule is CCCNCCCN(C)S(=O)(=O)Nc1ccc(C)c(C)c1. The van der Waals surface area contributed by atoms with Crippen molar-refractivity contribution in [2.45, 2.75) is 33.6 Å². The molecular weight excluding hydrogens is 286 g/mol. The average molecular weight is 313 g/mol. The number of nitrogens with one attached hydrogen (secondary N) is 2. The fraction of sp³-hybridized carbons (Fsp3) is 0.600. The van der Waals surface area contributed by atoms with Gasteiger partial charge < -0.3 is 5.32 Å². The first-order chi connectivity index (χ1) is 9.86. The van der Waals surface area contributed by atoms with Gasteiger partial charge in [0.1, 0.15) is 0 Å². The van der Waals surface area contributed by atoms with Crippen LogP contribution < -0.4 is 10.0 Å². The lowest BCUT2D eigenvalue weighted by atomic mass is 10.1. The Morgan fingerprint density at radius 2 is 1.86 bits per heavy atom. The van der Waals surface area contributed by atoms with Crippen molar-refractivity contribution in [1.29, 1.82) is 0 Å². The normalized spacial score (nSPS) is 11.9. The molecule has 0 bridgehead atoms. The molecule has 0 amide bonds. The van der Waals surface area contributed by atoms with Gasteiger partial charge in [-0.25, -0.2) is 0 Å². The first-order valence-corrected chi connectivity index (χ1v) is 8.83. The van der Waals surface area contributed by atoms with Crippen LogP contribution in [0.1, 0.15) is 30.9 Å². The highest BCUT2D eigenvalue weighted by atomic mass is 32.2. The molecule has 0 saturated heterocycles. The molecule has 0 unspecified atom stereocenters. The molecule has 1 rings (SSSR count). The third-order valence-corrected chi connectivity index (χ3v) is 4.91. The topological polar surface area (TPSA) is 61.4 Å². The smallest absolute Gasteiger partial charge is 0.301 e. The lowest BCUT2D eigenvalue weighted by Crippen LogP contribution is -2.34. The van der Waals surface area contributed by atoms with Crippen LogP contribution in [0.5, 0.6) is 0 Å². The quantitative estimate of drug-likeness (QED) is 0.688. The second kappa shape index (κ2) is 8.36. The Morgan fingerprint density at radius 3 is 2.48 bits per heavy atom. The molecule has 1 aromatic rings. The van der Waals surface area contributed by atoms with Gasteiger partial charge in [0.2, 0.25) is 0 Å². The van der Waals surface area contributed by atoms with E-state index >= 15 is 0 Å². The molecule has 0 aliphatic carbocycles. The Morgan fingerprint density at radius 1 is 1.14 bits per heavy atom. The molecule has 5 nitrogen and oxygen atoms in total. The van der Waals surface area contributed by atoms with Crippen molar-refractivity contribution < 1.29 is 8.42 Å². The summed E-state index contributed by atoms with van der Waals surface area (Å²) in [6.07, 6.45) is 1.88. The van der Waals surface area contributed by atoms with Crippen LogP contribution in [0.2, 0.25) is 0 Å². The molecule has 0 aliphatic heterocycles. The summed E-state index contributed by atoms with van der Waals surface area (Å²) in [7, 11) is -1.88. The van der Waals surface area contributed by atoms with E-state index < -0.39 is 10.2 Å². The number of anilines is 1. The Kier molecular flexibility index (Phi) is 7.14. The highest BCUT2D eigenvalue weighted by molar-refractivity contribution is 7.90. The van der Waals surface area contributed by atoms with Gasteiger partial charge in [0.15, 0.2) is 0 Å². The molecule has 0 aromatic heterocycles. The number of benzene rings is 1. The van der Waals surface area contributed by atoms with Crippen LogP contribution in [0.15, 0.2) is 18.2 Å². The van der Waals surface area contributed by atoms with Crippen molar-refractivity contribution >= 4 is 15.9 Å². The van der Waals surface area contributed by atoms with Crippen molar-refractivity contribution in [2.24, 2.45) is 0 Å². The van der Waals surface area contributed by atoms with E-state index in [1.54, 1.807) is 13.1 Å². The summed E-state index contributed by atoms with van der Waals surface area (Å²) in [6, 6.07) is 5.56. The van der Waals surface area contributed by atoms with Gasteiger partial charge in [-0.05, 0) is 63.0 Å². The van der Waals surface area contributed by atoms with Crippen LogP contribution in [0.25, 0.3) is 0 Å². The second-order valence-electron chi connectivity index (χ2n) is 5.33. The molecular formula is C15H27N3O2S. The maximum absolute atomic E-state index is 12.2. The van der Waals surface area contributed by atoms with Crippen molar-refractivity contribution in [3.63, 3.8) is 0 Å². The minimum absolute atomic E-state index is 0.497. The lowest BCUT2D eigenvalue weighted by molar-refractivity contribution is 0.458. The summed E-state index contributed by atoms with van der Waals surface area (Å²) in [5, 5.41) is 3.26. The van der Waals surface area contributed by atoms with E-state index in [-0.39, 0.29) is 0 Å². The van der Waals surface area contributed by atoms with Crippen LogP contribution in [0.4, 0.5) is 5.69 Å². The summed E-state index contributed by atoms with van der Waals surface area (Å²) in [6.45, 7) is 8.38. The van der Waals surface area contributed by atoms with E-state index in [4.69, 9.17) is 0 Å². The average Bonchev–Trinajstić information content (AvgIpc) is 2.42. The van der Waals surface area contributed by atoms with Gasteiger partial charge in [-0.3, -0.25) is 4.72 Å². The monoisotopic (exact) mass is 313 g/mol. The fourth-order valence-electron chi connectivity index (χ4n) is 1.88. The van der Waals surface area contributed by atoms with E-state index in [9.17, 15) is 8.42 Å². The molecule has 0 atom stereocenters. The highest BCUT2D eigenvalue weighted by Crippen LogP contribution is 2.16. The van der Waals surface area contributed by atoms with E-state index in [2.05, 4.69) is 17.0 Å². The summed E-state index contributed by atoms with van der Waals surface area (Å²) >= 11 is 0. The summed E-state index contributed by atoms with van der Waals surface area (Å²) in [4.78, 5) is 0. The number of aryl methyl sites for hydroxylation is 2. The standard InChI is InChI=1S/C15H27N3O2S/c1-5-9-16-10-6-11-18(4)21(19,20)17-15-8-7-13(2)14(3)12-15/h7-8,12,16-17H,5-6,9-11H2,1-4H3. The maximum Gasteiger partial charge on any atom is 0.301 e. The van der Waals surface area contributed by atoms with Gasteiger partial charge in [-0.15, -0.1) is 0 Å². The van der Waals surface area contributed by atoms with Crippen molar-refractivity contribution in [3.05, 3.63) is 29.3 Å². The first-order valence-electron chi connectivity index (χ1n) is 7.39. The zero-order valence-electron chi connectivity index (χ0n) is 13.4. The van der Waals surface area contributed by atoms with Gasteiger partial charge in [0.25, 0.3) is 0 Å².